The summed E-state index contributed by atoms with van der Waals surface area (Å²) in [4.78, 5) is 25.3. The maximum atomic E-state index is 13.0. The molecule has 0 bridgehead atoms. The van der Waals surface area contributed by atoms with Crippen molar-refractivity contribution in [1.82, 2.24) is 4.90 Å². The Morgan fingerprint density at radius 2 is 2.29 bits per heavy atom. The fourth-order valence-corrected chi connectivity index (χ4v) is 2.60. The molecule has 3 N–H and O–H groups in total. The molecule has 1 aromatic rings. The van der Waals surface area contributed by atoms with Crippen molar-refractivity contribution in [2.75, 3.05) is 24.1 Å². The molecule has 1 aliphatic rings. The minimum atomic E-state index is -0.523. The number of amides is 2. The number of rotatable bonds is 5. The van der Waals surface area contributed by atoms with E-state index in [1.54, 1.807) is 4.90 Å². The van der Waals surface area contributed by atoms with Gasteiger partial charge in [0.15, 0.2) is 0 Å². The first kappa shape index (κ1) is 15.3. The van der Waals surface area contributed by atoms with E-state index in [2.05, 4.69) is 12.2 Å². The lowest BCUT2D eigenvalue weighted by Gasteiger charge is -2.16. The van der Waals surface area contributed by atoms with E-state index in [9.17, 15) is 14.0 Å². The van der Waals surface area contributed by atoms with Crippen LogP contribution in [0.2, 0.25) is 0 Å². The van der Waals surface area contributed by atoms with E-state index in [-0.39, 0.29) is 24.0 Å². The van der Waals surface area contributed by atoms with Crippen molar-refractivity contribution in [2.45, 2.75) is 26.2 Å². The molecule has 1 saturated heterocycles. The van der Waals surface area contributed by atoms with Gasteiger partial charge in [0, 0.05) is 18.7 Å². The van der Waals surface area contributed by atoms with Gasteiger partial charge in [-0.25, -0.2) is 4.39 Å². The van der Waals surface area contributed by atoms with Gasteiger partial charge in [-0.1, -0.05) is 13.3 Å². The Balaban J connectivity index is 1.90. The van der Waals surface area contributed by atoms with E-state index in [1.165, 1.54) is 18.2 Å². The highest BCUT2D eigenvalue weighted by atomic mass is 19.1. The first-order chi connectivity index (χ1) is 9.99. The largest absolute Gasteiger partial charge is 0.396 e. The zero-order valence-corrected chi connectivity index (χ0v) is 12.1. The lowest BCUT2D eigenvalue weighted by Crippen LogP contribution is -2.34. The first-order valence-corrected chi connectivity index (χ1v) is 7.12. The van der Waals surface area contributed by atoms with Gasteiger partial charge >= 0.3 is 0 Å². The fraction of sp³-hybridized carbons (Fsp3) is 0.467. The summed E-state index contributed by atoms with van der Waals surface area (Å²) in [5.74, 6) is -0.462. The number of anilines is 2. The van der Waals surface area contributed by atoms with Crippen LogP contribution in [0.1, 0.15) is 26.2 Å². The van der Waals surface area contributed by atoms with Crippen LogP contribution in [0.25, 0.3) is 0 Å². The number of nitrogens with zero attached hydrogens (tertiary/aromatic N) is 1. The number of halogens is 1. The van der Waals surface area contributed by atoms with Crippen molar-refractivity contribution >= 4 is 23.2 Å². The molecular weight excluding hydrogens is 273 g/mol. The SMILES string of the molecule is CCCC1CC(=O)N(CC(=O)Nc2ccc(F)c(N)c2)C1. The van der Waals surface area contributed by atoms with Crippen molar-refractivity contribution in [2.24, 2.45) is 5.92 Å². The van der Waals surface area contributed by atoms with Crippen LogP contribution < -0.4 is 11.1 Å². The van der Waals surface area contributed by atoms with Crippen LogP contribution >= 0.6 is 0 Å². The van der Waals surface area contributed by atoms with Gasteiger partial charge in [0.05, 0.1) is 12.2 Å². The van der Waals surface area contributed by atoms with Gasteiger partial charge in [0.2, 0.25) is 11.8 Å². The molecule has 0 aliphatic carbocycles. The summed E-state index contributed by atoms with van der Waals surface area (Å²) in [5, 5.41) is 2.62. The molecule has 5 nitrogen and oxygen atoms in total. The molecule has 1 fully saturated rings. The molecule has 2 amide bonds. The number of likely N-dealkylation sites (tertiary alicyclic amines) is 1. The van der Waals surface area contributed by atoms with Gasteiger partial charge in [-0.2, -0.15) is 0 Å². The number of hydrogen-bond acceptors (Lipinski definition) is 3. The fourth-order valence-electron chi connectivity index (χ4n) is 2.60. The second-order valence-electron chi connectivity index (χ2n) is 5.42. The molecule has 1 heterocycles. The van der Waals surface area contributed by atoms with E-state index in [0.29, 0.717) is 24.6 Å². The lowest BCUT2D eigenvalue weighted by molar-refractivity contribution is -0.131. The summed E-state index contributed by atoms with van der Waals surface area (Å²) in [6.45, 7) is 2.74. The van der Waals surface area contributed by atoms with Crippen molar-refractivity contribution in [3.63, 3.8) is 0 Å². The van der Waals surface area contributed by atoms with Crippen LogP contribution in [0.4, 0.5) is 15.8 Å². The number of carbonyl (C=O) groups excluding carboxylic acids is 2. The Bertz CT molecular complexity index is 548. The second-order valence-corrected chi connectivity index (χ2v) is 5.42. The van der Waals surface area contributed by atoms with Crippen LogP contribution in [0.5, 0.6) is 0 Å². The summed E-state index contributed by atoms with van der Waals surface area (Å²) >= 11 is 0. The van der Waals surface area contributed by atoms with Gasteiger partial charge in [0.25, 0.3) is 0 Å². The molecule has 2 rings (SSSR count). The standard InChI is InChI=1S/C15H20FN3O2/c1-2-3-10-6-15(21)19(8-10)9-14(20)18-11-4-5-12(16)13(17)7-11/h4-5,7,10H,2-3,6,8-9,17H2,1H3,(H,18,20). The highest BCUT2D eigenvalue weighted by Gasteiger charge is 2.29. The molecule has 0 spiro atoms. The maximum Gasteiger partial charge on any atom is 0.243 e. The molecule has 1 unspecified atom stereocenters. The van der Waals surface area contributed by atoms with Crippen molar-refractivity contribution < 1.29 is 14.0 Å². The molecule has 21 heavy (non-hydrogen) atoms. The number of benzene rings is 1. The van der Waals surface area contributed by atoms with Crippen LogP contribution in [0.15, 0.2) is 18.2 Å². The Labute approximate surface area is 123 Å². The lowest BCUT2D eigenvalue weighted by atomic mass is 10.0. The second kappa shape index (κ2) is 6.56. The van der Waals surface area contributed by atoms with Gasteiger partial charge in [-0.3, -0.25) is 9.59 Å². The molecule has 1 aromatic carbocycles. The number of carbonyl (C=O) groups is 2. The highest BCUT2D eigenvalue weighted by molar-refractivity contribution is 5.95. The van der Waals surface area contributed by atoms with E-state index >= 15 is 0 Å². The predicted octanol–water partition coefficient (Wildman–Crippen LogP) is 1.99. The minimum absolute atomic E-state index is 0.0159. The summed E-state index contributed by atoms with van der Waals surface area (Å²) in [5.41, 5.74) is 5.85. The number of hydrogen-bond donors (Lipinski definition) is 2. The summed E-state index contributed by atoms with van der Waals surface area (Å²) in [6.07, 6.45) is 2.55. The monoisotopic (exact) mass is 293 g/mol. The van der Waals surface area contributed by atoms with Gasteiger partial charge < -0.3 is 16.0 Å². The smallest absolute Gasteiger partial charge is 0.243 e. The average Bonchev–Trinajstić information content (AvgIpc) is 2.74. The third-order valence-corrected chi connectivity index (χ3v) is 3.61. The van der Waals surface area contributed by atoms with Crippen molar-refractivity contribution in [3.05, 3.63) is 24.0 Å². The Morgan fingerprint density at radius 1 is 1.52 bits per heavy atom. The van der Waals surface area contributed by atoms with Gasteiger partial charge in [0.1, 0.15) is 5.82 Å². The molecule has 1 atom stereocenters. The number of nitrogens with one attached hydrogen (secondary N) is 1. The summed E-state index contributed by atoms with van der Waals surface area (Å²) in [7, 11) is 0. The third kappa shape index (κ3) is 3.93. The van der Waals surface area contributed by atoms with E-state index < -0.39 is 5.82 Å². The Kier molecular flexibility index (Phi) is 4.77. The number of nitrogen functional groups attached to an aromatic ring is 1. The molecule has 6 heteroatoms. The topological polar surface area (TPSA) is 75.4 Å². The predicted molar refractivity (Wildman–Crippen MR) is 79.0 cm³/mol. The van der Waals surface area contributed by atoms with Crippen molar-refractivity contribution in [1.29, 1.82) is 0 Å². The van der Waals surface area contributed by atoms with Crippen LogP contribution in [0.3, 0.4) is 0 Å². The van der Waals surface area contributed by atoms with Crippen LogP contribution in [0, 0.1) is 11.7 Å². The maximum absolute atomic E-state index is 13.0. The average molecular weight is 293 g/mol. The summed E-state index contributed by atoms with van der Waals surface area (Å²) < 4.78 is 13.0. The zero-order chi connectivity index (χ0) is 15.4. The molecule has 114 valence electrons. The van der Waals surface area contributed by atoms with Gasteiger partial charge in [-0.05, 0) is 30.5 Å². The van der Waals surface area contributed by atoms with Crippen LogP contribution in [-0.4, -0.2) is 29.8 Å². The van der Waals surface area contributed by atoms with Crippen molar-refractivity contribution in [3.8, 4) is 0 Å². The highest BCUT2D eigenvalue weighted by Crippen LogP contribution is 2.22. The first-order valence-electron chi connectivity index (χ1n) is 7.12. The molecule has 1 aliphatic heterocycles. The zero-order valence-electron chi connectivity index (χ0n) is 12.1. The van der Waals surface area contributed by atoms with E-state index in [1.807, 2.05) is 0 Å². The quantitative estimate of drug-likeness (QED) is 0.815. The number of nitrogens with two attached hydrogens (primary N) is 1. The minimum Gasteiger partial charge on any atom is -0.396 e. The van der Waals surface area contributed by atoms with E-state index in [4.69, 9.17) is 5.73 Å². The van der Waals surface area contributed by atoms with Gasteiger partial charge in [-0.15, -0.1) is 0 Å². The Morgan fingerprint density at radius 3 is 2.95 bits per heavy atom. The van der Waals surface area contributed by atoms with Crippen LogP contribution in [-0.2, 0) is 9.59 Å². The normalized spacial score (nSPS) is 18.1. The third-order valence-electron chi connectivity index (χ3n) is 3.61. The van der Waals surface area contributed by atoms with E-state index in [0.717, 1.165) is 12.8 Å². The summed E-state index contributed by atoms with van der Waals surface area (Å²) in [6, 6.07) is 4.00. The Hall–Kier alpha value is -2.11. The molecule has 0 aromatic heterocycles. The molecule has 0 radical (unpaired) electrons. The molecule has 0 saturated carbocycles. The molecular formula is C15H20FN3O2.